The average molecular weight is 156 g/mol. The monoisotopic (exact) mass is 156 g/mol. The zero-order chi connectivity index (χ0) is 8.43. The number of carboxylic acids is 1. The smallest absolute Gasteiger partial charge is 0.356 e. The maximum absolute atomic E-state index is 10.4. The van der Waals surface area contributed by atoms with Gasteiger partial charge in [-0.1, -0.05) is 0 Å². The normalized spacial score (nSPS) is 10.0. The van der Waals surface area contributed by atoms with Gasteiger partial charge < -0.3 is 15.2 Å². The molecule has 1 aromatic rings. The fourth-order valence-electron chi connectivity index (χ4n) is 0.832. The Morgan fingerprint density at radius 3 is 2.73 bits per heavy atom. The lowest BCUT2D eigenvalue weighted by Crippen LogP contribution is -2.01. The predicted molar refractivity (Wildman–Crippen MR) is 36.2 cm³/mol. The molecular weight excluding hydrogens is 148 g/mol. The number of nitrogens with zero attached hydrogens (tertiary/aromatic N) is 1. The number of imidazole rings is 1. The van der Waals surface area contributed by atoms with Crippen molar-refractivity contribution < 1.29 is 15.0 Å². The number of aromatic carboxylic acids is 1. The Hall–Kier alpha value is -1.36. The first-order valence-corrected chi connectivity index (χ1v) is 3.04. The van der Waals surface area contributed by atoms with Gasteiger partial charge in [-0.3, -0.25) is 0 Å². The second kappa shape index (κ2) is 2.71. The summed E-state index contributed by atoms with van der Waals surface area (Å²) in [5.74, 6) is -0.634. The molecule has 1 heterocycles. The van der Waals surface area contributed by atoms with Crippen LogP contribution in [-0.2, 0) is 6.61 Å². The van der Waals surface area contributed by atoms with Crippen LogP contribution in [0.5, 0.6) is 0 Å². The van der Waals surface area contributed by atoms with Crippen molar-refractivity contribution in [3.63, 3.8) is 0 Å². The highest BCUT2D eigenvalue weighted by molar-refractivity contribution is 5.86. The van der Waals surface area contributed by atoms with Gasteiger partial charge in [0.1, 0.15) is 5.82 Å². The highest BCUT2D eigenvalue weighted by atomic mass is 16.4. The highest BCUT2D eigenvalue weighted by Gasteiger charge is 2.13. The first-order valence-electron chi connectivity index (χ1n) is 3.04. The van der Waals surface area contributed by atoms with E-state index in [-0.39, 0.29) is 18.0 Å². The van der Waals surface area contributed by atoms with Gasteiger partial charge in [0, 0.05) is 0 Å². The quantitative estimate of drug-likeness (QED) is 0.558. The van der Waals surface area contributed by atoms with E-state index in [1.807, 2.05) is 0 Å². The van der Waals surface area contributed by atoms with E-state index in [4.69, 9.17) is 10.2 Å². The van der Waals surface area contributed by atoms with Gasteiger partial charge >= 0.3 is 5.97 Å². The number of aliphatic hydroxyl groups is 1. The van der Waals surface area contributed by atoms with Crippen LogP contribution < -0.4 is 0 Å². The van der Waals surface area contributed by atoms with Crippen molar-refractivity contribution in [3.8, 4) is 0 Å². The van der Waals surface area contributed by atoms with Crippen molar-refractivity contribution in [2.24, 2.45) is 0 Å². The molecule has 0 fully saturated rings. The van der Waals surface area contributed by atoms with Gasteiger partial charge in [0.05, 0.1) is 12.3 Å². The molecule has 0 aliphatic carbocycles. The number of carbonyl (C=O) groups is 1. The number of aromatic amines is 1. The van der Waals surface area contributed by atoms with Crippen LogP contribution in [0.2, 0.25) is 0 Å². The van der Waals surface area contributed by atoms with E-state index in [2.05, 4.69) is 9.97 Å². The van der Waals surface area contributed by atoms with E-state index < -0.39 is 5.97 Å². The van der Waals surface area contributed by atoms with Crippen LogP contribution in [0.15, 0.2) is 0 Å². The molecule has 1 aromatic heterocycles. The van der Waals surface area contributed by atoms with Crippen molar-refractivity contribution in [3.05, 3.63) is 17.2 Å². The Balaban J connectivity index is 3.12. The van der Waals surface area contributed by atoms with E-state index >= 15 is 0 Å². The summed E-state index contributed by atoms with van der Waals surface area (Å²) in [4.78, 5) is 16.7. The SMILES string of the molecule is Cc1nc(C(=O)O)c(CO)[nH]1. The molecule has 60 valence electrons. The number of nitrogens with one attached hydrogen (secondary N) is 1. The van der Waals surface area contributed by atoms with Crippen LogP contribution in [0.25, 0.3) is 0 Å². The van der Waals surface area contributed by atoms with E-state index in [9.17, 15) is 4.79 Å². The lowest BCUT2D eigenvalue weighted by Gasteiger charge is -1.89. The van der Waals surface area contributed by atoms with Gasteiger partial charge in [-0.25, -0.2) is 9.78 Å². The van der Waals surface area contributed by atoms with Crippen molar-refractivity contribution in [1.82, 2.24) is 9.97 Å². The first-order chi connectivity index (χ1) is 5.15. The summed E-state index contributed by atoms with van der Waals surface area (Å²) >= 11 is 0. The topological polar surface area (TPSA) is 86.2 Å². The Morgan fingerprint density at radius 2 is 2.36 bits per heavy atom. The van der Waals surface area contributed by atoms with Crippen molar-refractivity contribution >= 4 is 5.97 Å². The van der Waals surface area contributed by atoms with E-state index in [1.54, 1.807) is 6.92 Å². The lowest BCUT2D eigenvalue weighted by molar-refractivity contribution is 0.0687. The van der Waals surface area contributed by atoms with Gasteiger partial charge in [0.15, 0.2) is 5.69 Å². The summed E-state index contributed by atoms with van der Waals surface area (Å²) in [6.07, 6.45) is 0. The molecule has 5 nitrogen and oxygen atoms in total. The third kappa shape index (κ3) is 1.38. The number of rotatable bonds is 2. The molecule has 0 aliphatic rings. The van der Waals surface area contributed by atoms with Gasteiger partial charge in [0.25, 0.3) is 0 Å². The van der Waals surface area contributed by atoms with Crippen LogP contribution in [0.1, 0.15) is 22.0 Å². The zero-order valence-electron chi connectivity index (χ0n) is 5.96. The molecule has 0 unspecified atom stereocenters. The third-order valence-electron chi connectivity index (χ3n) is 1.26. The molecule has 0 saturated heterocycles. The summed E-state index contributed by atoms with van der Waals surface area (Å²) in [5.41, 5.74) is 0.139. The second-order valence-corrected chi connectivity index (χ2v) is 2.11. The highest BCUT2D eigenvalue weighted by Crippen LogP contribution is 2.04. The zero-order valence-corrected chi connectivity index (χ0v) is 5.96. The van der Waals surface area contributed by atoms with Crippen LogP contribution in [-0.4, -0.2) is 26.2 Å². The summed E-state index contributed by atoms with van der Waals surface area (Å²) < 4.78 is 0. The maximum Gasteiger partial charge on any atom is 0.356 e. The summed E-state index contributed by atoms with van der Waals surface area (Å²) in [6, 6.07) is 0. The standard InChI is InChI=1S/C6H8N2O3/c1-3-7-4(2-9)5(8-3)6(10)11/h9H,2H2,1H3,(H,7,8)(H,10,11). The van der Waals surface area contributed by atoms with Crippen LogP contribution in [0.4, 0.5) is 0 Å². The number of aryl methyl sites for hydroxylation is 1. The fraction of sp³-hybridized carbons (Fsp3) is 0.333. The van der Waals surface area contributed by atoms with Crippen molar-refractivity contribution in [2.45, 2.75) is 13.5 Å². The van der Waals surface area contributed by atoms with Crippen LogP contribution >= 0.6 is 0 Å². The molecule has 0 atom stereocenters. The van der Waals surface area contributed by atoms with Gasteiger partial charge in [0.2, 0.25) is 0 Å². The fourth-order valence-corrected chi connectivity index (χ4v) is 0.832. The molecule has 0 aromatic carbocycles. The molecule has 11 heavy (non-hydrogen) atoms. The summed E-state index contributed by atoms with van der Waals surface area (Å²) in [5, 5.41) is 17.2. The number of carboxylic acid groups (broad SMARTS) is 1. The minimum atomic E-state index is -1.13. The largest absolute Gasteiger partial charge is 0.476 e. The molecule has 5 heteroatoms. The first kappa shape index (κ1) is 7.74. The van der Waals surface area contributed by atoms with Crippen molar-refractivity contribution in [1.29, 1.82) is 0 Å². The Morgan fingerprint density at radius 1 is 1.73 bits per heavy atom. The van der Waals surface area contributed by atoms with Crippen molar-refractivity contribution in [2.75, 3.05) is 0 Å². The Labute approximate surface area is 62.7 Å². The Kier molecular flexibility index (Phi) is 1.91. The van der Waals surface area contributed by atoms with Gasteiger partial charge in [-0.2, -0.15) is 0 Å². The number of hydrogen-bond donors (Lipinski definition) is 3. The van der Waals surface area contributed by atoms with E-state index in [0.29, 0.717) is 5.82 Å². The summed E-state index contributed by atoms with van der Waals surface area (Å²) in [7, 11) is 0. The van der Waals surface area contributed by atoms with E-state index in [0.717, 1.165) is 0 Å². The van der Waals surface area contributed by atoms with Gasteiger partial charge in [-0.15, -0.1) is 0 Å². The number of aliphatic hydroxyl groups excluding tert-OH is 1. The Bertz CT molecular complexity index is 279. The molecule has 0 aliphatic heterocycles. The third-order valence-corrected chi connectivity index (χ3v) is 1.26. The van der Waals surface area contributed by atoms with E-state index in [1.165, 1.54) is 0 Å². The minimum Gasteiger partial charge on any atom is -0.476 e. The maximum atomic E-state index is 10.4. The molecule has 0 amide bonds. The molecule has 0 bridgehead atoms. The predicted octanol–water partition coefficient (Wildman–Crippen LogP) is -0.0914. The average Bonchev–Trinajstić information content (AvgIpc) is 2.30. The number of hydrogen-bond acceptors (Lipinski definition) is 3. The molecule has 0 saturated carbocycles. The second-order valence-electron chi connectivity index (χ2n) is 2.11. The number of aromatic nitrogens is 2. The van der Waals surface area contributed by atoms with Crippen LogP contribution in [0, 0.1) is 6.92 Å². The summed E-state index contributed by atoms with van der Waals surface area (Å²) in [6.45, 7) is 1.30. The van der Waals surface area contributed by atoms with Crippen LogP contribution in [0.3, 0.4) is 0 Å². The molecular formula is C6H8N2O3. The molecule has 0 radical (unpaired) electrons. The number of H-pyrrole nitrogens is 1. The molecule has 1 rings (SSSR count). The lowest BCUT2D eigenvalue weighted by atomic mass is 10.3. The molecule has 0 spiro atoms. The minimum absolute atomic E-state index is 0.106. The van der Waals surface area contributed by atoms with Gasteiger partial charge in [-0.05, 0) is 6.92 Å². The molecule has 3 N–H and O–H groups in total.